The van der Waals surface area contributed by atoms with Crippen molar-refractivity contribution in [3.63, 3.8) is 0 Å². The molecule has 0 bridgehead atoms. The molecule has 0 aromatic heterocycles. The van der Waals surface area contributed by atoms with Crippen LogP contribution in [0.5, 0.6) is 5.75 Å². The van der Waals surface area contributed by atoms with Gasteiger partial charge in [0.05, 0.1) is 5.56 Å². The van der Waals surface area contributed by atoms with E-state index in [0.717, 1.165) is 4.76 Å². The van der Waals surface area contributed by atoms with Gasteiger partial charge in [-0.3, -0.25) is 14.4 Å². The van der Waals surface area contributed by atoms with E-state index in [4.69, 9.17) is 5.73 Å². The number of nitroso groups, excluding NO2 is 1. The lowest BCUT2D eigenvalue weighted by Crippen LogP contribution is -2.58. The van der Waals surface area contributed by atoms with Crippen LogP contribution in [0.3, 0.4) is 0 Å². The average Bonchev–Trinajstić information content (AvgIpc) is 2.85. The van der Waals surface area contributed by atoms with Crippen molar-refractivity contribution in [2.45, 2.75) is 24.9 Å². The van der Waals surface area contributed by atoms with Crippen molar-refractivity contribution < 1.29 is 39.6 Å². The number of amides is 1. The van der Waals surface area contributed by atoms with Gasteiger partial charge in [-0.1, -0.05) is 11.8 Å². The molecule has 3 atom stereocenters. The third-order valence-electron chi connectivity index (χ3n) is 7.52. The smallest absolute Gasteiger partial charge is 0.255 e. The lowest BCUT2D eigenvalue weighted by molar-refractivity contribution is -0.428. The van der Waals surface area contributed by atoms with E-state index in [9.17, 15) is 39.7 Å². The Hall–Kier alpha value is -4.75. The Morgan fingerprint density at radius 1 is 1.05 bits per heavy atom. The van der Waals surface area contributed by atoms with Gasteiger partial charge in [-0.25, -0.2) is 0 Å². The van der Waals surface area contributed by atoms with Gasteiger partial charge in [0.2, 0.25) is 5.78 Å². The predicted octanol–water partition coefficient (Wildman–Crippen LogP) is 1.86. The van der Waals surface area contributed by atoms with Gasteiger partial charge in [-0.15, -0.1) is 0 Å². The molecule has 6 N–H and O–H groups in total. The molecule has 0 aliphatic heterocycles. The molecule has 10 nitrogen and oxygen atoms in total. The van der Waals surface area contributed by atoms with Gasteiger partial charge in [0.15, 0.2) is 18.4 Å². The number of carbonyl (C=O) groups excluding carboxylic acids is 3. The Bertz CT molecular complexity index is 1590. The third-order valence-corrected chi connectivity index (χ3v) is 7.52. The van der Waals surface area contributed by atoms with Crippen molar-refractivity contribution in [1.29, 1.82) is 0 Å². The molecule has 1 fully saturated rings. The van der Waals surface area contributed by atoms with Crippen LogP contribution in [-0.2, 0) is 20.8 Å². The molecule has 10 heteroatoms. The van der Waals surface area contributed by atoms with Crippen LogP contribution in [0.25, 0.3) is 5.76 Å². The van der Waals surface area contributed by atoms with Gasteiger partial charge in [0, 0.05) is 50.8 Å². The minimum Gasteiger partial charge on any atom is -0.508 e. The SMILES string of the molecule is C[N+](=O)c1ccc(C#Cc2ccc(O)c3c2C[C@H]2C[C@H]4CC(=O)C(C(N)=O)=C(O)[C@@]4(O)C(=O)C2=C3O)cc1. The highest BCUT2D eigenvalue weighted by Crippen LogP contribution is 2.52. The fraction of sp³-hybridized carbons (Fsp3) is 0.250. The number of aliphatic hydroxyl groups is 3. The van der Waals surface area contributed by atoms with Gasteiger partial charge >= 0.3 is 0 Å². The first-order valence-corrected chi connectivity index (χ1v) is 11.8. The molecule has 5 rings (SSSR count). The third kappa shape index (κ3) is 3.59. The maximum atomic E-state index is 13.5. The molecule has 0 unspecified atom stereocenters. The van der Waals surface area contributed by atoms with Crippen LogP contribution in [0.1, 0.15) is 35.1 Å². The van der Waals surface area contributed by atoms with E-state index >= 15 is 0 Å². The fourth-order valence-electron chi connectivity index (χ4n) is 5.63. The molecule has 1 amide bonds. The average molecular weight is 515 g/mol. The Kier molecular flexibility index (Phi) is 5.69. The minimum absolute atomic E-state index is 0.0211. The number of aromatic hydroxyl groups is 1. The van der Waals surface area contributed by atoms with Crippen molar-refractivity contribution in [2.24, 2.45) is 17.6 Å². The summed E-state index contributed by atoms with van der Waals surface area (Å²) in [6.45, 7) is 0. The molecule has 0 heterocycles. The van der Waals surface area contributed by atoms with Crippen LogP contribution >= 0.6 is 0 Å². The van der Waals surface area contributed by atoms with Crippen LogP contribution in [-0.4, -0.2) is 55.3 Å². The monoisotopic (exact) mass is 515 g/mol. The minimum atomic E-state index is -2.60. The first kappa shape index (κ1) is 24.9. The number of nitrogens with zero attached hydrogens (tertiary/aromatic N) is 1. The highest BCUT2D eigenvalue weighted by Gasteiger charge is 2.60. The molecule has 0 saturated heterocycles. The van der Waals surface area contributed by atoms with Crippen LogP contribution < -0.4 is 5.73 Å². The molecular formula is C28H23N2O8+. The van der Waals surface area contributed by atoms with Crippen molar-refractivity contribution in [2.75, 3.05) is 7.05 Å². The first-order chi connectivity index (χ1) is 17.9. The van der Waals surface area contributed by atoms with E-state index in [1.165, 1.54) is 13.1 Å². The number of rotatable bonds is 2. The number of ketones is 2. The Morgan fingerprint density at radius 3 is 2.37 bits per heavy atom. The van der Waals surface area contributed by atoms with Crippen LogP contribution in [0.2, 0.25) is 0 Å². The number of nitrogens with two attached hydrogens (primary N) is 1. The molecule has 2 aromatic carbocycles. The number of hydrogen-bond acceptors (Lipinski definition) is 8. The zero-order valence-electron chi connectivity index (χ0n) is 20.2. The lowest BCUT2D eigenvalue weighted by atomic mass is 9.59. The number of phenols is 1. The Balaban J connectivity index is 1.60. The summed E-state index contributed by atoms with van der Waals surface area (Å²) in [6.07, 6.45) is -0.189. The maximum absolute atomic E-state index is 13.5. The number of primary amides is 1. The summed E-state index contributed by atoms with van der Waals surface area (Å²) in [5.74, 6) is -0.772. The summed E-state index contributed by atoms with van der Waals surface area (Å²) in [4.78, 5) is 49.2. The Labute approximate surface area is 216 Å². The van der Waals surface area contributed by atoms with Crippen molar-refractivity contribution in [1.82, 2.24) is 0 Å². The normalized spacial score (nSPS) is 24.2. The molecular weight excluding hydrogens is 492 g/mol. The van der Waals surface area contributed by atoms with E-state index in [0.29, 0.717) is 22.4 Å². The van der Waals surface area contributed by atoms with Gasteiger partial charge < -0.3 is 26.2 Å². The number of phenolic OH excluding ortho intramolecular Hbond substituents is 1. The number of carbonyl (C=O) groups is 3. The molecule has 2 aromatic rings. The summed E-state index contributed by atoms with van der Waals surface area (Å²) < 4.78 is 0.719. The fourth-order valence-corrected chi connectivity index (χ4v) is 5.63. The topological polar surface area (TPSA) is 178 Å². The van der Waals surface area contributed by atoms with Gasteiger partial charge in [0.1, 0.15) is 22.8 Å². The quantitative estimate of drug-likeness (QED) is 0.228. The van der Waals surface area contributed by atoms with Crippen molar-refractivity contribution >= 4 is 28.9 Å². The number of Topliss-reactive ketones (excluding diaryl/α,β-unsaturated/α-hetero) is 2. The molecule has 0 radical (unpaired) electrons. The number of benzene rings is 2. The zero-order chi connectivity index (χ0) is 27.5. The van der Waals surface area contributed by atoms with E-state index in [-0.39, 0.29) is 36.1 Å². The van der Waals surface area contributed by atoms with E-state index in [2.05, 4.69) is 11.8 Å². The highest BCUT2D eigenvalue weighted by molar-refractivity contribution is 6.22. The molecule has 192 valence electrons. The van der Waals surface area contributed by atoms with Crippen LogP contribution in [0.15, 0.2) is 53.3 Å². The van der Waals surface area contributed by atoms with E-state index in [1.807, 2.05) is 0 Å². The molecule has 1 saturated carbocycles. The second-order valence-electron chi connectivity index (χ2n) is 9.69. The standard InChI is InChI=1S/C28H22N2O8/c1-30(38)17-7-3-13(4-8-17)2-5-14-6-9-19(31)22-18(14)11-15-10-16-12-20(32)23(27(29)36)26(35)28(16,37)25(34)21(15)24(22)33/h3-4,6-9,15-16,37H,10-12H2,1H3,(H4-,29,31,32,33,34,35,36,38)/p+1/t15-,16+,28+/m1/s1. The zero-order valence-corrected chi connectivity index (χ0v) is 20.2. The second-order valence-corrected chi connectivity index (χ2v) is 9.69. The summed E-state index contributed by atoms with van der Waals surface area (Å²) >= 11 is 0. The van der Waals surface area contributed by atoms with Gasteiger partial charge in [-0.05, 0) is 48.6 Å². The van der Waals surface area contributed by atoms with Crippen molar-refractivity contribution in [3.8, 4) is 17.6 Å². The van der Waals surface area contributed by atoms with E-state index in [1.54, 1.807) is 30.3 Å². The maximum Gasteiger partial charge on any atom is 0.255 e. The van der Waals surface area contributed by atoms with Crippen molar-refractivity contribution in [3.05, 3.63) is 80.5 Å². The summed E-state index contributed by atoms with van der Waals surface area (Å²) in [6, 6.07) is 9.51. The second kappa shape index (κ2) is 8.68. The molecule has 3 aliphatic rings. The van der Waals surface area contributed by atoms with E-state index < -0.39 is 52.0 Å². The van der Waals surface area contributed by atoms with Crippen LogP contribution in [0, 0.1) is 28.6 Å². The first-order valence-electron chi connectivity index (χ1n) is 11.8. The number of fused-ring (bicyclic) bond motifs is 3. The summed E-state index contributed by atoms with van der Waals surface area (Å²) in [7, 11) is 1.38. The predicted molar refractivity (Wildman–Crippen MR) is 133 cm³/mol. The molecule has 3 aliphatic carbocycles. The number of hydrogen-bond donors (Lipinski definition) is 5. The number of aliphatic hydroxyl groups excluding tert-OH is 2. The molecule has 38 heavy (non-hydrogen) atoms. The Morgan fingerprint density at radius 2 is 1.74 bits per heavy atom. The largest absolute Gasteiger partial charge is 0.508 e. The molecule has 0 spiro atoms. The van der Waals surface area contributed by atoms with Gasteiger partial charge in [0.25, 0.3) is 11.6 Å². The summed E-state index contributed by atoms with van der Waals surface area (Å²) in [5, 5.41) is 43.7. The highest BCUT2D eigenvalue weighted by atomic mass is 16.3. The lowest BCUT2D eigenvalue weighted by Gasteiger charge is -2.46. The van der Waals surface area contributed by atoms with Gasteiger partial charge in [-0.2, -0.15) is 0 Å². The summed E-state index contributed by atoms with van der Waals surface area (Å²) in [5.41, 5.74) is 3.59. The van der Waals surface area contributed by atoms with Crippen LogP contribution in [0.4, 0.5) is 5.69 Å².